The molecule has 1 saturated heterocycles. The predicted octanol–water partition coefficient (Wildman–Crippen LogP) is -1.66. The van der Waals surface area contributed by atoms with E-state index < -0.39 is 6.10 Å². The van der Waals surface area contributed by atoms with Crippen LogP contribution in [0, 0.1) is 0 Å². The highest BCUT2D eigenvalue weighted by Crippen LogP contribution is 2.07. The summed E-state index contributed by atoms with van der Waals surface area (Å²) >= 11 is 0. The number of carbonyl (C=O) groups is 1. The molecule has 5 nitrogen and oxygen atoms in total. The molecule has 0 spiro atoms. The van der Waals surface area contributed by atoms with Gasteiger partial charge in [-0.25, -0.2) is 0 Å². The first-order valence-corrected chi connectivity index (χ1v) is 4.81. The summed E-state index contributed by atoms with van der Waals surface area (Å²) in [7, 11) is 5.46. The molecule has 0 unspecified atom stereocenters. The molecule has 1 heterocycles. The van der Waals surface area contributed by atoms with E-state index in [0.717, 1.165) is 0 Å². The first-order chi connectivity index (χ1) is 6.52. The fourth-order valence-corrected chi connectivity index (χ4v) is 1.61. The Labute approximate surface area is 84.7 Å². The fraction of sp³-hybridized carbons (Fsp3) is 0.889. The lowest BCUT2D eigenvalue weighted by atomic mass is 10.2. The Morgan fingerprint density at radius 2 is 2.07 bits per heavy atom. The lowest BCUT2D eigenvalue weighted by Crippen LogP contribution is -2.47. The maximum atomic E-state index is 11.6. The van der Waals surface area contributed by atoms with E-state index in [1.807, 2.05) is 19.0 Å². The van der Waals surface area contributed by atoms with Crippen LogP contribution in [0.4, 0.5) is 0 Å². The van der Waals surface area contributed by atoms with Crippen LogP contribution in [-0.2, 0) is 4.79 Å². The summed E-state index contributed by atoms with van der Waals surface area (Å²) in [6, 6.07) is -0.0811. The van der Waals surface area contributed by atoms with Gasteiger partial charge in [-0.3, -0.25) is 4.79 Å². The van der Waals surface area contributed by atoms with Crippen molar-refractivity contribution >= 4 is 5.91 Å². The average molecular weight is 201 g/mol. The van der Waals surface area contributed by atoms with E-state index in [0.29, 0.717) is 19.6 Å². The van der Waals surface area contributed by atoms with Crippen LogP contribution in [0.15, 0.2) is 0 Å². The van der Waals surface area contributed by atoms with Gasteiger partial charge in [0.05, 0.1) is 18.7 Å². The second kappa shape index (κ2) is 4.72. The van der Waals surface area contributed by atoms with Gasteiger partial charge in [0, 0.05) is 20.1 Å². The van der Waals surface area contributed by atoms with Crippen molar-refractivity contribution in [3.8, 4) is 0 Å². The highest BCUT2D eigenvalue weighted by molar-refractivity contribution is 5.78. The molecule has 0 saturated carbocycles. The van der Waals surface area contributed by atoms with Gasteiger partial charge in [0.25, 0.3) is 0 Å². The minimum Gasteiger partial charge on any atom is -0.390 e. The largest absolute Gasteiger partial charge is 0.390 e. The third-order valence-corrected chi connectivity index (χ3v) is 2.49. The third-order valence-electron chi connectivity index (χ3n) is 2.49. The minimum atomic E-state index is -0.439. The number of carbonyl (C=O) groups excluding carboxylic acids is 1. The zero-order valence-corrected chi connectivity index (χ0v) is 9.03. The van der Waals surface area contributed by atoms with Crippen LogP contribution in [0.25, 0.3) is 0 Å². The smallest absolute Gasteiger partial charge is 0.236 e. The molecule has 1 rings (SSSR count). The lowest BCUT2D eigenvalue weighted by Gasteiger charge is -2.27. The molecule has 5 heteroatoms. The maximum absolute atomic E-state index is 11.6. The Morgan fingerprint density at radius 1 is 1.43 bits per heavy atom. The number of nitrogens with one attached hydrogen (secondary N) is 1. The van der Waals surface area contributed by atoms with Crippen LogP contribution in [0.2, 0.25) is 0 Å². The monoisotopic (exact) mass is 201 g/mol. The molecule has 1 aliphatic heterocycles. The molecule has 1 fully saturated rings. The first kappa shape index (κ1) is 11.4. The van der Waals surface area contributed by atoms with Gasteiger partial charge < -0.3 is 20.2 Å². The van der Waals surface area contributed by atoms with Crippen LogP contribution < -0.4 is 5.32 Å². The minimum absolute atomic E-state index is 0.0442. The third kappa shape index (κ3) is 2.67. The molecule has 1 amide bonds. The molecule has 14 heavy (non-hydrogen) atoms. The van der Waals surface area contributed by atoms with Crippen LogP contribution in [0.3, 0.4) is 0 Å². The van der Waals surface area contributed by atoms with Crippen LogP contribution >= 0.6 is 0 Å². The van der Waals surface area contributed by atoms with E-state index in [4.69, 9.17) is 0 Å². The van der Waals surface area contributed by atoms with Gasteiger partial charge in [0.2, 0.25) is 5.91 Å². The number of hydrogen-bond acceptors (Lipinski definition) is 4. The van der Waals surface area contributed by atoms with E-state index in [1.165, 1.54) is 0 Å². The average Bonchev–Trinajstić information content (AvgIpc) is 2.48. The van der Waals surface area contributed by atoms with E-state index in [-0.39, 0.29) is 11.9 Å². The molecule has 0 aromatic carbocycles. The van der Waals surface area contributed by atoms with Crippen molar-refractivity contribution < 1.29 is 9.90 Å². The van der Waals surface area contributed by atoms with Gasteiger partial charge in [-0.15, -0.1) is 0 Å². The molecule has 0 radical (unpaired) electrons. The Morgan fingerprint density at radius 3 is 2.50 bits per heavy atom. The zero-order valence-electron chi connectivity index (χ0n) is 9.03. The van der Waals surface area contributed by atoms with Crippen LogP contribution in [0.1, 0.15) is 0 Å². The number of β-amino-alcohol motifs (C(OH)–C–C–N with tert-alkyl or cyclic N) is 1. The molecule has 2 atom stereocenters. The quantitative estimate of drug-likeness (QED) is 0.574. The van der Waals surface area contributed by atoms with Gasteiger partial charge in [-0.05, 0) is 14.1 Å². The van der Waals surface area contributed by atoms with E-state index in [1.54, 1.807) is 11.9 Å². The molecule has 2 N–H and O–H groups in total. The maximum Gasteiger partial charge on any atom is 0.236 e. The van der Waals surface area contributed by atoms with Crippen molar-refractivity contribution in [3.05, 3.63) is 0 Å². The molecule has 82 valence electrons. The normalized spacial score (nSPS) is 26.9. The molecule has 0 aromatic heterocycles. The number of nitrogens with zero attached hydrogens (tertiary/aromatic N) is 2. The topological polar surface area (TPSA) is 55.8 Å². The highest BCUT2D eigenvalue weighted by atomic mass is 16.3. The SMILES string of the molecule is CN(C)CC(=O)N(C)[C@H]1CNC[C@@H]1O. The Balaban J connectivity index is 2.47. The summed E-state index contributed by atoms with van der Waals surface area (Å²) in [5.41, 5.74) is 0. The molecular weight excluding hydrogens is 182 g/mol. The van der Waals surface area contributed by atoms with Gasteiger partial charge in [-0.2, -0.15) is 0 Å². The Kier molecular flexibility index (Phi) is 3.86. The van der Waals surface area contributed by atoms with Crippen molar-refractivity contribution in [2.45, 2.75) is 12.1 Å². The summed E-state index contributed by atoms with van der Waals surface area (Å²) in [5, 5.41) is 12.6. The van der Waals surface area contributed by atoms with Crippen molar-refractivity contribution in [3.63, 3.8) is 0 Å². The van der Waals surface area contributed by atoms with Gasteiger partial charge in [0.15, 0.2) is 0 Å². The van der Waals surface area contributed by atoms with E-state index >= 15 is 0 Å². The predicted molar refractivity (Wildman–Crippen MR) is 54.0 cm³/mol. The van der Waals surface area contributed by atoms with Crippen molar-refractivity contribution in [1.82, 2.24) is 15.1 Å². The van der Waals surface area contributed by atoms with Crippen LogP contribution in [-0.4, -0.2) is 73.7 Å². The standard InChI is InChI=1S/C9H19N3O2/c1-11(2)6-9(14)12(3)7-4-10-5-8(7)13/h7-8,10,13H,4-6H2,1-3H3/t7-,8-/m0/s1. The van der Waals surface area contributed by atoms with Gasteiger partial charge in [0.1, 0.15) is 0 Å². The van der Waals surface area contributed by atoms with Crippen molar-refractivity contribution in [2.75, 3.05) is 40.8 Å². The number of aliphatic hydroxyl groups excluding tert-OH is 1. The molecular formula is C9H19N3O2. The second-order valence-corrected chi connectivity index (χ2v) is 4.04. The molecule has 0 aromatic rings. The Bertz CT molecular complexity index is 208. The summed E-state index contributed by atoms with van der Waals surface area (Å²) < 4.78 is 0. The molecule has 1 aliphatic rings. The Hall–Kier alpha value is -0.650. The summed E-state index contributed by atoms with van der Waals surface area (Å²) in [6.45, 7) is 1.64. The zero-order chi connectivity index (χ0) is 10.7. The first-order valence-electron chi connectivity index (χ1n) is 4.81. The number of hydrogen-bond donors (Lipinski definition) is 2. The van der Waals surface area contributed by atoms with Crippen LogP contribution in [0.5, 0.6) is 0 Å². The fourth-order valence-electron chi connectivity index (χ4n) is 1.61. The van der Waals surface area contributed by atoms with Crippen molar-refractivity contribution in [1.29, 1.82) is 0 Å². The van der Waals surface area contributed by atoms with E-state index in [9.17, 15) is 9.90 Å². The number of amides is 1. The summed E-state index contributed by atoms with van der Waals surface area (Å²) in [5.74, 6) is 0.0442. The second-order valence-electron chi connectivity index (χ2n) is 4.04. The van der Waals surface area contributed by atoms with Crippen molar-refractivity contribution in [2.24, 2.45) is 0 Å². The summed E-state index contributed by atoms with van der Waals surface area (Å²) in [6.07, 6.45) is -0.439. The number of aliphatic hydroxyl groups is 1. The number of rotatable bonds is 3. The molecule has 0 aliphatic carbocycles. The van der Waals surface area contributed by atoms with Gasteiger partial charge >= 0.3 is 0 Å². The highest BCUT2D eigenvalue weighted by Gasteiger charge is 2.30. The van der Waals surface area contributed by atoms with Gasteiger partial charge in [-0.1, -0.05) is 0 Å². The number of likely N-dealkylation sites (N-methyl/N-ethyl adjacent to an activating group) is 2. The van der Waals surface area contributed by atoms with E-state index in [2.05, 4.69) is 5.32 Å². The summed E-state index contributed by atoms with van der Waals surface area (Å²) in [4.78, 5) is 15.1. The lowest BCUT2D eigenvalue weighted by molar-refractivity contribution is -0.133. The molecule has 0 bridgehead atoms.